The van der Waals surface area contributed by atoms with Gasteiger partial charge in [-0.15, -0.1) is 0 Å². The van der Waals surface area contributed by atoms with Crippen LogP contribution in [0, 0.1) is 13.8 Å². The summed E-state index contributed by atoms with van der Waals surface area (Å²) in [5.74, 6) is 0. The van der Waals surface area contributed by atoms with E-state index in [9.17, 15) is 0 Å². The molecule has 2 aromatic carbocycles. The van der Waals surface area contributed by atoms with Crippen molar-refractivity contribution in [3.8, 4) is 0 Å². The first-order valence-corrected chi connectivity index (χ1v) is 6.25. The average molecular weight is 240 g/mol. The molecule has 0 spiro atoms. The molecule has 0 heterocycles. The summed E-state index contributed by atoms with van der Waals surface area (Å²) in [7, 11) is 0. The number of nitrogen functional groups attached to an aromatic ring is 1. The minimum atomic E-state index is 0.246. The minimum Gasteiger partial charge on any atom is -0.397 e. The molecule has 1 unspecified atom stereocenters. The molecule has 94 valence electrons. The first kappa shape index (κ1) is 12.5. The van der Waals surface area contributed by atoms with Crippen molar-refractivity contribution in [3.63, 3.8) is 0 Å². The molecule has 0 aliphatic carbocycles. The van der Waals surface area contributed by atoms with Gasteiger partial charge in [0, 0.05) is 6.04 Å². The highest BCUT2D eigenvalue weighted by atomic mass is 14.9. The molecule has 2 nitrogen and oxygen atoms in total. The van der Waals surface area contributed by atoms with Gasteiger partial charge in [-0.3, -0.25) is 0 Å². The van der Waals surface area contributed by atoms with Gasteiger partial charge in [-0.25, -0.2) is 0 Å². The van der Waals surface area contributed by atoms with Crippen LogP contribution >= 0.6 is 0 Å². The van der Waals surface area contributed by atoms with E-state index in [1.54, 1.807) is 0 Å². The number of anilines is 2. The molecule has 0 fully saturated rings. The zero-order chi connectivity index (χ0) is 13.1. The maximum atomic E-state index is 6.01. The van der Waals surface area contributed by atoms with E-state index >= 15 is 0 Å². The van der Waals surface area contributed by atoms with Crippen LogP contribution in [0.4, 0.5) is 11.4 Å². The molecule has 0 saturated heterocycles. The Labute approximate surface area is 109 Å². The molecule has 18 heavy (non-hydrogen) atoms. The van der Waals surface area contributed by atoms with E-state index in [-0.39, 0.29) is 6.04 Å². The lowest BCUT2D eigenvalue weighted by Crippen LogP contribution is -2.08. The first-order valence-electron chi connectivity index (χ1n) is 6.25. The molecular weight excluding hydrogens is 220 g/mol. The molecule has 3 N–H and O–H groups in total. The summed E-state index contributed by atoms with van der Waals surface area (Å²) < 4.78 is 0. The lowest BCUT2D eigenvalue weighted by atomic mass is 10.1. The van der Waals surface area contributed by atoms with Crippen molar-refractivity contribution in [2.75, 3.05) is 11.1 Å². The lowest BCUT2D eigenvalue weighted by molar-refractivity contribution is 0.884. The average Bonchev–Trinajstić information content (AvgIpc) is 2.33. The topological polar surface area (TPSA) is 38.0 Å². The van der Waals surface area contributed by atoms with Crippen LogP contribution in [0.5, 0.6) is 0 Å². The predicted molar refractivity (Wildman–Crippen MR) is 78.8 cm³/mol. The van der Waals surface area contributed by atoms with Crippen molar-refractivity contribution in [2.45, 2.75) is 26.8 Å². The Balaban J connectivity index is 2.15. The van der Waals surface area contributed by atoms with Crippen LogP contribution in [-0.2, 0) is 0 Å². The number of rotatable bonds is 3. The number of benzene rings is 2. The monoisotopic (exact) mass is 240 g/mol. The molecule has 0 aliphatic rings. The van der Waals surface area contributed by atoms with Gasteiger partial charge < -0.3 is 11.1 Å². The maximum Gasteiger partial charge on any atom is 0.0578 e. The normalized spacial score (nSPS) is 12.2. The Morgan fingerprint density at radius 2 is 1.56 bits per heavy atom. The summed E-state index contributed by atoms with van der Waals surface area (Å²) in [6.45, 7) is 6.29. The highest BCUT2D eigenvalue weighted by Crippen LogP contribution is 2.25. The van der Waals surface area contributed by atoms with E-state index in [1.165, 1.54) is 16.7 Å². The SMILES string of the molecule is Cc1ccc(C(C)Nc2ccc(C)cc2N)cc1. The van der Waals surface area contributed by atoms with Gasteiger partial charge in [-0.2, -0.15) is 0 Å². The number of nitrogens with one attached hydrogen (secondary N) is 1. The van der Waals surface area contributed by atoms with Gasteiger partial charge in [0.25, 0.3) is 0 Å². The fourth-order valence-electron chi connectivity index (χ4n) is 1.99. The zero-order valence-corrected chi connectivity index (χ0v) is 11.2. The van der Waals surface area contributed by atoms with Crippen LogP contribution in [0.1, 0.15) is 29.7 Å². The van der Waals surface area contributed by atoms with Crippen LogP contribution in [0.3, 0.4) is 0 Å². The van der Waals surface area contributed by atoms with E-state index < -0.39 is 0 Å². The van der Waals surface area contributed by atoms with Crippen molar-refractivity contribution < 1.29 is 0 Å². The third kappa shape index (κ3) is 2.83. The molecule has 0 aliphatic heterocycles. The molecule has 0 saturated carbocycles. The molecule has 0 bridgehead atoms. The second kappa shape index (κ2) is 5.13. The number of aryl methyl sites for hydroxylation is 2. The van der Waals surface area contributed by atoms with Crippen molar-refractivity contribution in [1.82, 2.24) is 0 Å². The Morgan fingerprint density at radius 3 is 2.17 bits per heavy atom. The Kier molecular flexibility index (Phi) is 3.56. The van der Waals surface area contributed by atoms with Gasteiger partial charge in [0.15, 0.2) is 0 Å². The van der Waals surface area contributed by atoms with Gasteiger partial charge in [-0.1, -0.05) is 35.9 Å². The van der Waals surface area contributed by atoms with Crippen molar-refractivity contribution in [2.24, 2.45) is 0 Å². The van der Waals surface area contributed by atoms with Crippen LogP contribution in [0.2, 0.25) is 0 Å². The molecule has 0 radical (unpaired) electrons. The summed E-state index contributed by atoms with van der Waals surface area (Å²) in [5, 5.41) is 3.45. The highest BCUT2D eigenvalue weighted by Gasteiger charge is 2.06. The summed E-state index contributed by atoms with van der Waals surface area (Å²) in [5.41, 5.74) is 11.5. The van der Waals surface area contributed by atoms with E-state index in [1.807, 2.05) is 19.1 Å². The van der Waals surface area contributed by atoms with E-state index in [4.69, 9.17) is 5.73 Å². The molecule has 2 heteroatoms. The van der Waals surface area contributed by atoms with Gasteiger partial charge >= 0.3 is 0 Å². The summed E-state index contributed by atoms with van der Waals surface area (Å²) in [6, 6.07) is 14.9. The first-order chi connectivity index (χ1) is 8.56. The summed E-state index contributed by atoms with van der Waals surface area (Å²) >= 11 is 0. The minimum absolute atomic E-state index is 0.246. The van der Waals surface area contributed by atoms with Gasteiger partial charge in [0.1, 0.15) is 0 Å². The molecule has 1 atom stereocenters. The largest absolute Gasteiger partial charge is 0.397 e. The smallest absolute Gasteiger partial charge is 0.0578 e. The predicted octanol–water partition coefficient (Wildman–Crippen LogP) is 4.06. The number of nitrogens with two attached hydrogens (primary N) is 1. The molecule has 0 amide bonds. The number of hydrogen-bond acceptors (Lipinski definition) is 2. The second-order valence-corrected chi connectivity index (χ2v) is 4.87. The lowest BCUT2D eigenvalue weighted by Gasteiger charge is -2.17. The Hall–Kier alpha value is -1.96. The maximum absolute atomic E-state index is 6.01. The van der Waals surface area contributed by atoms with Crippen molar-refractivity contribution in [3.05, 3.63) is 59.2 Å². The standard InChI is InChI=1S/C16H20N2/c1-11-4-7-14(8-5-11)13(3)18-16-9-6-12(2)10-15(16)17/h4-10,13,18H,17H2,1-3H3. The quantitative estimate of drug-likeness (QED) is 0.794. The molecule has 2 aromatic rings. The van der Waals surface area contributed by atoms with Crippen LogP contribution in [0.25, 0.3) is 0 Å². The third-order valence-electron chi connectivity index (χ3n) is 3.16. The Morgan fingerprint density at radius 1 is 0.944 bits per heavy atom. The van der Waals surface area contributed by atoms with Crippen molar-refractivity contribution in [1.29, 1.82) is 0 Å². The van der Waals surface area contributed by atoms with Crippen LogP contribution in [0.15, 0.2) is 42.5 Å². The van der Waals surface area contributed by atoms with Gasteiger partial charge in [0.05, 0.1) is 11.4 Å². The molecule has 0 aromatic heterocycles. The van der Waals surface area contributed by atoms with Gasteiger partial charge in [-0.05, 0) is 44.0 Å². The van der Waals surface area contributed by atoms with Crippen LogP contribution < -0.4 is 11.1 Å². The highest BCUT2D eigenvalue weighted by molar-refractivity contribution is 5.67. The second-order valence-electron chi connectivity index (χ2n) is 4.87. The molecular formula is C16H20N2. The van der Waals surface area contributed by atoms with Crippen molar-refractivity contribution >= 4 is 11.4 Å². The fourth-order valence-corrected chi connectivity index (χ4v) is 1.99. The zero-order valence-electron chi connectivity index (χ0n) is 11.2. The fraction of sp³-hybridized carbons (Fsp3) is 0.250. The molecule has 2 rings (SSSR count). The number of hydrogen-bond donors (Lipinski definition) is 2. The summed E-state index contributed by atoms with van der Waals surface area (Å²) in [6.07, 6.45) is 0. The van der Waals surface area contributed by atoms with E-state index in [2.05, 4.69) is 49.5 Å². The van der Waals surface area contributed by atoms with E-state index in [0.29, 0.717) is 0 Å². The van der Waals surface area contributed by atoms with Crippen LogP contribution in [-0.4, -0.2) is 0 Å². The van der Waals surface area contributed by atoms with E-state index in [0.717, 1.165) is 11.4 Å². The third-order valence-corrected chi connectivity index (χ3v) is 3.16. The Bertz CT molecular complexity index is 529. The van der Waals surface area contributed by atoms with Gasteiger partial charge in [0.2, 0.25) is 0 Å². The summed E-state index contributed by atoms with van der Waals surface area (Å²) in [4.78, 5) is 0.